The van der Waals surface area contributed by atoms with Gasteiger partial charge >= 0.3 is 0 Å². The van der Waals surface area contributed by atoms with E-state index in [4.69, 9.17) is 4.74 Å². The second kappa shape index (κ2) is 8.23. The molecule has 0 amide bonds. The van der Waals surface area contributed by atoms with Crippen LogP contribution < -0.4 is 5.32 Å². The van der Waals surface area contributed by atoms with E-state index in [0.717, 1.165) is 25.7 Å². The van der Waals surface area contributed by atoms with Crippen molar-refractivity contribution < 1.29 is 4.74 Å². The maximum Gasteiger partial charge on any atom is 0.0637 e. The molecule has 0 aliphatic carbocycles. The SMILES string of the molecule is CCCNC1CCOCC1N1CCC(CCC)CC1. The molecule has 2 aliphatic rings. The fourth-order valence-electron chi connectivity index (χ4n) is 3.63. The highest BCUT2D eigenvalue weighted by atomic mass is 16.5. The molecule has 2 aliphatic heterocycles. The van der Waals surface area contributed by atoms with E-state index in [0.29, 0.717) is 12.1 Å². The quantitative estimate of drug-likeness (QED) is 0.801. The summed E-state index contributed by atoms with van der Waals surface area (Å²) in [4.78, 5) is 2.69. The maximum atomic E-state index is 5.74. The summed E-state index contributed by atoms with van der Waals surface area (Å²) >= 11 is 0. The van der Waals surface area contributed by atoms with Crippen molar-refractivity contribution in [3.63, 3.8) is 0 Å². The zero-order valence-electron chi connectivity index (χ0n) is 12.9. The van der Waals surface area contributed by atoms with Crippen molar-refractivity contribution in [2.24, 2.45) is 5.92 Å². The highest BCUT2D eigenvalue weighted by Crippen LogP contribution is 2.25. The van der Waals surface area contributed by atoms with Crippen molar-refractivity contribution in [1.82, 2.24) is 10.2 Å². The van der Waals surface area contributed by atoms with Crippen molar-refractivity contribution in [3.8, 4) is 0 Å². The molecule has 0 radical (unpaired) electrons. The molecular formula is C16H32N2O. The van der Waals surface area contributed by atoms with Gasteiger partial charge in [0.2, 0.25) is 0 Å². The van der Waals surface area contributed by atoms with E-state index in [1.807, 2.05) is 0 Å². The fourth-order valence-corrected chi connectivity index (χ4v) is 3.63. The normalized spacial score (nSPS) is 30.6. The lowest BCUT2D eigenvalue weighted by atomic mass is 9.90. The molecule has 1 N–H and O–H groups in total. The molecule has 19 heavy (non-hydrogen) atoms. The molecule has 2 unspecified atom stereocenters. The molecule has 2 heterocycles. The van der Waals surface area contributed by atoms with Crippen LogP contribution in [0.4, 0.5) is 0 Å². The van der Waals surface area contributed by atoms with Crippen molar-refractivity contribution >= 4 is 0 Å². The fraction of sp³-hybridized carbons (Fsp3) is 1.00. The summed E-state index contributed by atoms with van der Waals surface area (Å²) in [6.07, 6.45) is 7.96. The summed E-state index contributed by atoms with van der Waals surface area (Å²) in [7, 11) is 0. The number of ether oxygens (including phenoxy) is 1. The first kappa shape index (κ1) is 15.3. The summed E-state index contributed by atoms with van der Waals surface area (Å²) in [5.41, 5.74) is 0. The van der Waals surface area contributed by atoms with Crippen LogP contribution in [0.3, 0.4) is 0 Å². The average Bonchev–Trinajstić information content (AvgIpc) is 2.47. The molecule has 3 nitrogen and oxygen atoms in total. The van der Waals surface area contributed by atoms with Crippen LogP contribution >= 0.6 is 0 Å². The van der Waals surface area contributed by atoms with E-state index in [1.165, 1.54) is 51.6 Å². The Morgan fingerprint density at radius 3 is 2.58 bits per heavy atom. The zero-order valence-corrected chi connectivity index (χ0v) is 12.9. The van der Waals surface area contributed by atoms with Crippen LogP contribution in [0.15, 0.2) is 0 Å². The van der Waals surface area contributed by atoms with E-state index in [1.54, 1.807) is 0 Å². The standard InChI is InChI=1S/C16H32N2O/c1-3-5-14-6-10-18(11-7-14)16-13-19-12-8-15(16)17-9-4-2/h14-17H,3-13H2,1-2H3. The van der Waals surface area contributed by atoms with Crippen LogP contribution in [-0.2, 0) is 4.74 Å². The summed E-state index contributed by atoms with van der Waals surface area (Å²) in [6.45, 7) is 10.1. The third kappa shape index (κ3) is 4.44. The van der Waals surface area contributed by atoms with Crippen LogP contribution in [-0.4, -0.2) is 49.8 Å². The molecule has 0 aromatic heterocycles. The number of nitrogens with one attached hydrogen (secondary N) is 1. The van der Waals surface area contributed by atoms with Gasteiger partial charge < -0.3 is 10.1 Å². The van der Waals surface area contributed by atoms with E-state index in [9.17, 15) is 0 Å². The molecule has 0 bridgehead atoms. The van der Waals surface area contributed by atoms with Crippen LogP contribution in [0.2, 0.25) is 0 Å². The van der Waals surface area contributed by atoms with Crippen LogP contribution in [0.25, 0.3) is 0 Å². The number of likely N-dealkylation sites (tertiary alicyclic amines) is 1. The lowest BCUT2D eigenvalue weighted by molar-refractivity contribution is -0.0151. The van der Waals surface area contributed by atoms with Gasteiger partial charge in [-0.25, -0.2) is 0 Å². The van der Waals surface area contributed by atoms with Gasteiger partial charge in [-0.05, 0) is 51.2 Å². The molecule has 0 aromatic rings. The number of hydrogen-bond acceptors (Lipinski definition) is 3. The Morgan fingerprint density at radius 2 is 1.89 bits per heavy atom. The smallest absolute Gasteiger partial charge is 0.0637 e. The monoisotopic (exact) mass is 268 g/mol. The van der Waals surface area contributed by atoms with Gasteiger partial charge in [0.25, 0.3) is 0 Å². The Labute approximate surface area is 119 Å². The van der Waals surface area contributed by atoms with Gasteiger partial charge in [-0.3, -0.25) is 4.90 Å². The first-order valence-corrected chi connectivity index (χ1v) is 8.40. The highest BCUT2D eigenvalue weighted by Gasteiger charge is 2.32. The lowest BCUT2D eigenvalue weighted by Gasteiger charge is -2.43. The molecule has 2 atom stereocenters. The second-order valence-electron chi connectivity index (χ2n) is 6.26. The first-order chi connectivity index (χ1) is 9.35. The molecule has 3 heteroatoms. The Bertz CT molecular complexity index is 239. The minimum Gasteiger partial charge on any atom is -0.380 e. The van der Waals surface area contributed by atoms with E-state index < -0.39 is 0 Å². The van der Waals surface area contributed by atoms with E-state index in [2.05, 4.69) is 24.1 Å². The third-order valence-corrected chi connectivity index (χ3v) is 4.80. The molecule has 2 fully saturated rings. The molecule has 0 saturated carbocycles. The Balaban J connectivity index is 1.81. The summed E-state index contributed by atoms with van der Waals surface area (Å²) in [5, 5.41) is 3.73. The second-order valence-corrected chi connectivity index (χ2v) is 6.26. The summed E-state index contributed by atoms with van der Waals surface area (Å²) in [6, 6.07) is 1.26. The minimum atomic E-state index is 0.614. The van der Waals surface area contributed by atoms with Crippen molar-refractivity contribution in [2.75, 3.05) is 32.8 Å². The van der Waals surface area contributed by atoms with E-state index in [-0.39, 0.29) is 0 Å². The van der Waals surface area contributed by atoms with Gasteiger partial charge in [0, 0.05) is 18.7 Å². The number of piperidine rings is 1. The molecule has 2 saturated heterocycles. The summed E-state index contributed by atoms with van der Waals surface area (Å²) in [5.74, 6) is 0.979. The van der Waals surface area contributed by atoms with Gasteiger partial charge in [0.1, 0.15) is 0 Å². The topological polar surface area (TPSA) is 24.5 Å². The number of hydrogen-bond donors (Lipinski definition) is 1. The molecule has 2 rings (SSSR count). The first-order valence-electron chi connectivity index (χ1n) is 8.40. The molecule has 112 valence electrons. The van der Waals surface area contributed by atoms with Crippen molar-refractivity contribution in [3.05, 3.63) is 0 Å². The van der Waals surface area contributed by atoms with Crippen LogP contribution in [0, 0.1) is 5.92 Å². The maximum absolute atomic E-state index is 5.74. The highest BCUT2D eigenvalue weighted by molar-refractivity contribution is 4.89. The lowest BCUT2D eigenvalue weighted by Crippen LogP contribution is -2.57. The molecule has 0 spiro atoms. The largest absolute Gasteiger partial charge is 0.380 e. The number of nitrogens with zero attached hydrogens (tertiary/aromatic N) is 1. The third-order valence-electron chi connectivity index (χ3n) is 4.80. The molecule has 0 aromatic carbocycles. The predicted molar refractivity (Wildman–Crippen MR) is 80.5 cm³/mol. The van der Waals surface area contributed by atoms with Gasteiger partial charge in [-0.15, -0.1) is 0 Å². The van der Waals surface area contributed by atoms with Gasteiger partial charge in [0.15, 0.2) is 0 Å². The zero-order chi connectivity index (χ0) is 13.5. The Hall–Kier alpha value is -0.120. The van der Waals surface area contributed by atoms with E-state index >= 15 is 0 Å². The Morgan fingerprint density at radius 1 is 1.11 bits per heavy atom. The van der Waals surface area contributed by atoms with Crippen LogP contribution in [0.5, 0.6) is 0 Å². The molecular weight excluding hydrogens is 236 g/mol. The van der Waals surface area contributed by atoms with Crippen molar-refractivity contribution in [2.45, 2.75) is 64.5 Å². The predicted octanol–water partition coefficient (Wildman–Crippen LogP) is 2.66. The van der Waals surface area contributed by atoms with Gasteiger partial charge in [-0.2, -0.15) is 0 Å². The van der Waals surface area contributed by atoms with Gasteiger partial charge in [-0.1, -0.05) is 26.7 Å². The van der Waals surface area contributed by atoms with Gasteiger partial charge in [0.05, 0.1) is 6.61 Å². The van der Waals surface area contributed by atoms with Crippen LogP contribution in [0.1, 0.15) is 52.4 Å². The average molecular weight is 268 g/mol. The number of rotatable bonds is 6. The van der Waals surface area contributed by atoms with Crippen molar-refractivity contribution in [1.29, 1.82) is 0 Å². The Kier molecular flexibility index (Phi) is 6.62. The summed E-state index contributed by atoms with van der Waals surface area (Å²) < 4.78 is 5.74. The minimum absolute atomic E-state index is 0.614.